The molecule has 12 heteroatoms. The Hall–Kier alpha value is -3.21. The van der Waals surface area contributed by atoms with Crippen molar-refractivity contribution in [3.63, 3.8) is 0 Å². The van der Waals surface area contributed by atoms with E-state index in [1.54, 1.807) is 0 Å². The molecule has 2 unspecified atom stereocenters. The molecule has 0 aromatic heterocycles. The van der Waals surface area contributed by atoms with Gasteiger partial charge in [-0.2, -0.15) is 0 Å². The number of carbonyl (C=O) groups excluding carboxylic acids is 2. The van der Waals surface area contributed by atoms with Crippen LogP contribution in [0.25, 0.3) is 10.4 Å². The van der Waals surface area contributed by atoms with Gasteiger partial charge in [-0.1, -0.05) is 17.2 Å². The highest BCUT2D eigenvalue weighted by Crippen LogP contribution is 2.40. The first kappa shape index (κ1) is 19.5. The number of benzene rings is 1. The molecule has 2 heterocycles. The van der Waals surface area contributed by atoms with Crippen LogP contribution in [0.1, 0.15) is 11.6 Å². The number of aliphatic carboxylic acids is 1. The number of phenols is 1. The van der Waals surface area contributed by atoms with E-state index in [0.29, 0.717) is 11.1 Å². The lowest BCUT2D eigenvalue weighted by Gasteiger charge is -2.49. The Morgan fingerprint density at radius 3 is 2.71 bits per heavy atom. The van der Waals surface area contributed by atoms with Gasteiger partial charge in [-0.05, 0) is 28.8 Å². The Morgan fingerprint density at radius 1 is 1.43 bits per heavy atom. The standard InChI is InChI=1S/C16H16N6O5S/c17-10(7-1-3-9(23)4-2-7)13(24)20-11-14(25)22-12(16(26)27)8(5-19-21-18)6-28-15(11)22/h1-4,10-11,15,23H,5-6,17H2,(H,20,24)(H,26,27)/t10?,11?,15-/m0/s1. The zero-order valence-electron chi connectivity index (χ0n) is 14.3. The number of azide groups is 1. The van der Waals surface area contributed by atoms with Crippen LogP contribution in [-0.2, 0) is 14.4 Å². The number of β-lactam (4-membered cyclic amide) rings is 1. The largest absolute Gasteiger partial charge is 0.508 e. The molecule has 2 aliphatic heterocycles. The Morgan fingerprint density at radius 2 is 2.11 bits per heavy atom. The second-order valence-electron chi connectivity index (χ2n) is 6.11. The number of carboxylic acids is 1. The van der Waals surface area contributed by atoms with Crippen LogP contribution in [0.3, 0.4) is 0 Å². The summed E-state index contributed by atoms with van der Waals surface area (Å²) in [6.45, 7) is -0.148. The number of aromatic hydroxyl groups is 1. The Bertz CT molecular complexity index is 911. The molecule has 28 heavy (non-hydrogen) atoms. The van der Waals surface area contributed by atoms with Crippen LogP contribution >= 0.6 is 11.8 Å². The molecule has 1 aromatic carbocycles. The average Bonchev–Trinajstić information content (AvgIpc) is 2.69. The number of nitrogens with one attached hydrogen (secondary N) is 1. The molecule has 2 aliphatic rings. The lowest BCUT2D eigenvalue weighted by Crippen LogP contribution is -2.71. The number of amides is 2. The van der Waals surface area contributed by atoms with Crippen molar-refractivity contribution in [1.82, 2.24) is 10.2 Å². The number of hydrogen-bond acceptors (Lipinski definition) is 7. The first-order valence-electron chi connectivity index (χ1n) is 8.11. The number of fused-ring (bicyclic) bond motifs is 1. The van der Waals surface area contributed by atoms with Crippen molar-refractivity contribution in [2.24, 2.45) is 10.8 Å². The van der Waals surface area contributed by atoms with Gasteiger partial charge in [-0.3, -0.25) is 14.5 Å². The minimum absolute atomic E-state index is 0.0318. The average molecular weight is 404 g/mol. The highest BCUT2D eigenvalue weighted by atomic mass is 32.2. The van der Waals surface area contributed by atoms with Gasteiger partial charge in [0.25, 0.3) is 5.91 Å². The van der Waals surface area contributed by atoms with Crippen LogP contribution in [0.15, 0.2) is 40.6 Å². The molecule has 0 spiro atoms. The number of carbonyl (C=O) groups is 3. The van der Waals surface area contributed by atoms with Gasteiger partial charge in [0, 0.05) is 10.7 Å². The Kier molecular flexibility index (Phi) is 5.45. The van der Waals surface area contributed by atoms with E-state index in [4.69, 9.17) is 11.3 Å². The van der Waals surface area contributed by atoms with Crippen molar-refractivity contribution >= 4 is 29.5 Å². The van der Waals surface area contributed by atoms with Gasteiger partial charge in [-0.25, -0.2) is 4.79 Å². The predicted octanol–water partition coefficient (Wildman–Crippen LogP) is 0.441. The molecule has 0 saturated carbocycles. The summed E-state index contributed by atoms with van der Waals surface area (Å²) < 4.78 is 0. The van der Waals surface area contributed by atoms with E-state index < -0.39 is 35.2 Å². The molecule has 1 fully saturated rings. The van der Waals surface area contributed by atoms with Gasteiger partial charge in [0.2, 0.25) is 5.91 Å². The van der Waals surface area contributed by atoms with Gasteiger partial charge in [0.15, 0.2) is 0 Å². The summed E-state index contributed by atoms with van der Waals surface area (Å²) >= 11 is 1.27. The zero-order chi connectivity index (χ0) is 20.4. The van der Waals surface area contributed by atoms with Gasteiger partial charge >= 0.3 is 5.97 Å². The first-order valence-corrected chi connectivity index (χ1v) is 9.15. The summed E-state index contributed by atoms with van der Waals surface area (Å²) in [6, 6.07) is 3.83. The van der Waals surface area contributed by atoms with E-state index in [2.05, 4.69) is 15.3 Å². The second kappa shape index (κ2) is 7.80. The molecule has 5 N–H and O–H groups in total. The third kappa shape index (κ3) is 3.48. The number of phenolic OH excluding ortho intramolecular Hbond substituents is 1. The molecule has 1 saturated heterocycles. The van der Waals surface area contributed by atoms with Crippen molar-refractivity contribution in [3.05, 3.63) is 51.5 Å². The predicted molar refractivity (Wildman–Crippen MR) is 98.7 cm³/mol. The molecule has 0 bridgehead atoms. The quantitative estimate of drug-likeness (QED) is 0.229. The van der Waals surface area contributed by atoms with Gasteiger partial charge in [0.1, 0.15) is 28.9 Å². The molecular weight excluding hydrogens is 388 g/mol. The summed E-state index contributed by atoms with van der Waals surface area (Å²) in [5.41, 5.74) is 14.9. The van der Waals surface area contributed by atoms with Gasteiger partial charge in [-0.15, -0.1) is 11.8 Å². The number of carboxylic acid groups (broad SMARTS) is 1. The summed E-state index contributed by atoms with van der Waals surface area (Å²) in [4.78, 5) is 40.2. The molecule has 3 atom stereocenters. The van der Waals surface area contributed by atoms with E-state index in [0.717, 1.165) is 4.90 Å². The molecule has 11 nitrogen and oxygen atoms in total. The van der Waals surface area contributed by atoms with E-state index in [1.807, 2.05) is 0 Å². The lowest BCUT2D eigenvalue weighted by atomic mass is 10.0. The number of rotatable bonds is 6. The van der Waals surface area contributed by atoms with Gasteiger partial charge in [0.05, 0.1) is 6.54 Å². The molecular formula is C16H16N6O5S. The topological polar surface area (TPSA) is 182 Å². The van der Waals surface area contributed by atoms with Crippen molar-refractivity contribution in [2.75, 3.05) is 12.3 Å². The smallest absolute Gasteiger partial charge is 0.352 e. The molecule has 146 valence electrons. The summed E-state index contributed by atoms with van der Waals surface area (Å²) in [5.74, 6) is -2.17. The summed E-state index contributed by atoms with van der Waals surface area (Å²) in [7, 11) is 0. The maximum absolute atomic E-state index is 12.5. The zero-order valence-corrected chi connectivity index (χ0v) is 15.2. The molecule has 0 radical (unpaired) electrons. The summed E-state index contributed by atoms with van der Waals surface area (Å²) in [5, 5.41) is 24.1. The van der Waals surface area contributed by atoms with Crippen LogP contribution in [-0.4, -0.2) is 56.6 Å². The molecule has 0 aliphatic carbocycles. The highest BCUT2D eigenvalue weighted by molar-refractivity contribution is 8.00. The Labute approximate surface area is 162 Å². The van der Waals surface area contributed by atoms with Crippen LogP contribution in [0.5, 0.6) is 5.75 Å². The molecule has 1 aromatic rings. The van der Waals surface area contributed by atoms with Crippen molar-refractivity contribution in [2.45, 2.75) is 17.5 Å². The third-order valence-corrected chi connectivity index (χ3v) is 5.75. The second-order valence-corrected chi connectivity index (χ2v) is 7.22. The lowest BCUT2D eigenvalue weighted by molar-refractivity contribution is -0.150. The van der Waals surface area contributed by atoms with Crippen LogP contribution < -0.4 is 11.1 Å². The van der Waals surface area contributed by atoms with Crippen molar-refractivity contribution in [1.29, 1.82) is 0 Å². The normalized spacial score (nSPS) is 21.9. The summed E-state index contributed by atoms with van der Waals surface area (Å²) in [6.07, 6.45) is 0. The van der Waals surface area contributed by atoms with Crippen LogP contribution in [0.2, 0.25) is 0 Å². The fourth-order valence-corrected chi connectivity index (χ4v) is 4.33. The van der Waals surface area contributed by atoms with E-state index in [9.17, 15) is 24.6 Å². The maximum Gasteiger partial charge on any atom is 0.352 e. The SMILES string of the molecule is [N-]=[N+]=NCC1=C(C(=O)O)N2C(=O)C(NC(=O)C(N)c3ccc(O)cc3)[C@@H]2SC1. The van der Waals surface area contributed by atoms with Crippen LogP contribution in [0, 0.1) is 0 Å². The Balaban J connectivity index is 1.73. The highest BCUT2D eigenvalue weighted by Gasteiger charge is 2.54. The van der Waals surface area contributed by atoms with Crippen molar-refractivity contribution in [3.8, 4) is 5.75 Å². The molecule has 2 amide bonds. The van der Waals surface area contributed by atoms with Crippen molar-refractivity contribution < 1.29 is 24.6 Å². The van der Waals surface area contributed by atoms with E-state index in [-0.39, 0.29) is 23.7 Å². The number of thioether (sulfide) groups is 1. The fourth-order valence-electron chi connectivity index (χ4n) is 3.00. The first-order chi connectivity index (χ1) is 13.3. The monoisotopic (exact) mass is 404 g/mol. The van der Waals surface area contributed by atoms with Crippen LogP contribution in [0.4, 0.5) is 0 Å². The molecule has 3 rings (SSSR count). The number of nitrogens with two attached hydrogens (primary N) is 1. The number of hydrogen-bond donors (Lipinski definition) is 4. The maximum atomic E-state index is 12.5. The number of nitrogens with zero attached hydrogens (tertiary/aromatic N) is 4. The van der Waals surface area contributed by atoms with E-state index in [1.165, 1.54) is 36.0 Å². The van der Waals surface area contributed by atoms with Gasteiger partial charge < -0.3 is 21.3 Å². The third-order valence-electron chi connectivity index (χ3n) is 4.41. The fraction of sp³-hybridized carbons (Fsp3) is 0.312. The van der Waals surface area contributed by atoms with E-state index >= 15 is 0 Å². The minimum Gasteiger partial charge on any atom is -0.508 e. The minimum atomic E-state index is -1.30.